The maximum absolute atomic E-state index is 12.4. The van der Waals surface area contributed by atoms with Crippen molar-refractivity contribution < 1.29 is 4.79 Å². The molecular weight excluding hydrogens is 284 g/mol. The van der Waals surface area contributed by atoms with Gasteiger partial charge < -0.3 is 9.80 Å². The lowest BCUT2D eigenvalue weighted by Crippen LogP contribution is -2.39. The van der Waals surface area contributed by atoms with Crippen LogP contribution >= 0.6 is 0 Å². The normalized spacial score (nSPS) is 24.1. The van der Waals surface area contributed by atoms with E-state index in [-0.39, 0.29) is 0 Å². The summed E-state index contributed by atoms with van der Waals surface area (Å²) in [6, 6.07) is 0. The highest BCUT2D eigenvalue weighted by Gasteiger charge is 2.25. The Bertz CT molecular complexity index is 359. The average molecular weight is 323 g/mol. The van der Waals surface area contributed by atoms with Crippen molar-refractivity contribution in [1.82, 2.24) is 9.80 Å². The first-order chi connectivity index (χ1) is 11.0. The van der Waals surface area contributed by atoms with Gasteiger partial charge >= 0.3 is 0 Å². The fourth-order valence-electron chi connectivity index (χ4n) is 4.40. The molecule has 0 aromatic carbocycles. The SMILES string of the molecule is CC(C)C[C@H]1CCN(CCCC(=O)N2CCC(C(C)C)CC2)C1. The molecule has 0 aromatic heterocycles. The van der Waals surface area contributed by atoms with Crippen molar-refractivity contribution in [1.29, 1.82) is 0 Å². The second-order valence-electron chi connectivity index (χ2n) is 8.65. The number of carbonyl (C=O) groups is 1. The van der Waals surface area contributed by atoms with E-state index in [4.69, 9.17) is 0 Å². The molecule has 0 aliphatic carbocycles. The van der Waals surface area contributed by atoms with Crippen molar-refractivity contribution in [3.05, 3.63) is 0 Å². The Kier molecular flexibility index (Phi) is 7.39. The van der Waals surface area contributed by atoms with E-state index in [1.807, 2.05) is 0 Å². The van der Waals surface area contributed by atoms with Gasteiger partial charge in [0.05, 0.1) is 0 Å². The Morgan fingerprint density at radius 3 is 2.35 bits per heavy atom. The lowest BCUT2D eigenvalue weighted by Gasteiger charge is -2.34. The third-order valence-electron chi connectivity index (χ3n) is 5.87. The summed E-state index contributed by atoms with van der Waals surface area (Å²) in [5, 5.41) is 0. The van der Waals surface area contributed by atoms with Gasteiger partial charge in [-0.05, 0) is 68.9 Å². The van der Waals surface area contributed by atoms with Crippen LogP contribution in [0.2, 0.25) is 0 Å². The second kappa shape index (κ2) is 9.05. The summed E-state index contributed by atoms with van der Waals surface area (Å²) in [7, 11) is 0. The van der Waals surface area contributed by atoms with Gasteiger partial charge in [0, 0.05) is 26.1 Å². The van der Waals surface area contributed by atoms with E-state index in [0.717, 1.165) is 56.1 Å². The third-order valence-corrected chi connectivity index (χ3v) is 5.87. The first-order valence-corrected chi connectivity index (χ1v) is 9.95. The fourth-order valence-corrected chi connectivity index (χ4v) is 4.40. The number of carbonyl (C=O) groups excluding carboxylic acids is 1. The standard InChI is InChI=1S/C20H38N2O/c1-16(2)14-18-7-11-21(15-18)10-5-6-20(23)22-12-8-19(9-13-22)17(3)4/h16-19H,5-15H2,1-4H3/t18-/m1/s1. The van der Waals surface area contributed by atoms with Crippen molar-refractivity contribution in [2.24, 2.45) is 23.7 Å². The minimum absolute atomic E-state index is 0.394. The van der Waals surface area contributed by atoms with Crippen LogP contribution in [0.15, 0.2) is 0 Å². The van der Waals surface area contributed by atoms with Gasteiger partial charge in [-0.1, -0.05) is 27.7 Å². The van der Waals surface area contributed by atoms with Crippen LogP contribution in [-0.4, -0.2) is 48.4 Å². The molecule has 0 radical (unpaired) electrons. The largest absolute Gasteiger partial charge is 0.343 e. The fraction of sp³-hybridized carbons (Fsp3) is 0.950. The lowest BCUT2D eigenvalue weighted by molar-refractivity contribution is -0.132. The number of rotatable bonds is 7. The highest BCUT2D eigenvalue weighted by Crippen LogP contribution is 2.25. The number of hydrogen-bond donors (Lipinski definition) is 0. The summed E-state index contributed by atoms with van der Waals surface area (Å²) in [4.78, 5) is 17.1. The Morgan fingerprint density at radius 1 is 1.04 bits per heavy atom. The van der Waals surface area contributed by atoms with Crippen LogP contribution in [0.4, 0.5) is 0 Å². The maximum Gasteiger partial charge on any atom is 0.222 e. The molecule has 0 spiro atoms. The molecule has 0 aromatic rings. The van der Waals surface area contributed by atoms with Gasteiger partial charge in [0.2, 0.25) is 5.91 Å². The van der Waals surface area contributed by atoms with E-state index in [2.05, 4.69) is 37.5 Å². The predicted octanol–water partition coefficient (Wildman–Crippen LogP) is 4.03. The van der Waals surface area contributed by atoms with Crippen LogP contribution in [0.5, 0.6) is 0 Å². The summed E-state index contributed by atoms with van der Waals surface area (Å²) < 4.78 is 0. The average Bonchev–Trinajstić information content (AvgIpc) is 2.93. The number of likely N-dealkylation sites (tertiary alicyclic amines) is 2. The summed E-state index contributed by atoms with van der Waals surface area (Å²) in [5.41, 5.74) is 0. The molecule has 3 heteroatoms. The van der Waals surface area contributed by atoms with Crippen molar-refractivity contribution in [2.75, 3.05) is 32.7 Å². The highest BCUT2D eigenvalue weighted by molar-refractivity contribution is 5.76. The zero-order chi connectivity index (χ0) is 16.8. The molecule has 3 nitrogen and oxygen atoms in total. The topological polar surface area (TPSA) is 23.6 Å². The smallest absolute Gasteiger partial charge is 0.222 e. The molecule has 0 unspecified atom stereocenters. The molecule has 1 amide bonds. The summed E-state index contributed by atoms with van der Waals surface area (Å²) in [6.07, 6.45) is 6.91. The molecule has 1 atom stereocenters. The monoisotopic (exact) mass is 322 g/mol. The van der Waals surface area contributed by atoms with Gasteiger partial charge in [-0.2, -0.15) is 0 Å². The number of nitrogens with zero attached hydrogens (tertiary/aromatic N) is 2. The van der Waals surface area contributed by atoms with Crippen molar-refractivity contribution >= 4 is 5.91 Å². The Labute approximate surface area is 143 Å². The Balaban J connectivity index is 1.59. The second-order valence-corrected chi connectivity index (χ2v) is 8.65. The van der Waals surface area contributed by atoms with Crippen molar-refractivity contribution in [3.63, 3.8) is 0 Å². The Morgan fingerprint density at radius 2 is 1.74 bits per heavy atom. The van der Waals surface area contributed by atoms with Gasteiger partial charge in [-0.25, -0.2) is 0 Å². The van der Waals surface area contributed by atoms with Gasteiger partial charge in [0.15, 0.2) is 0 Å². The van der Waals surface area contributed by atoms with E-state index in [0.29, 0.717) is 5.91 Å². The molecule has 2 saturated heterocycles. The van der Waals surface area contributed by atoms with E-state index < -0.39 is 0 Å². The molecule has 2 heterocycles. The van der Waals surface area contributed by atoms with E-state index in [1.54, 1.807) is 0 Å². The number of piperidine rings is 1. The molecular formula is C20H38N2O. The van der Waals surface area contributed by atoms with Gasteiger partial charge in [0.25, 0.3) is 0 Å². The molecule has 2 fully saturated rings. The zero-order valence-corrected chi connectivity index (χ0v) is 15.9. The molecule has 2 rings (SSSR count). The highest BCUT2D eigenvalue weighted by atomic mass is 16.2. The summed E-state index contributed by atoms with van der Waals surface area (Å²) in [6.45, 7) is 14.9. The Hall–Kier alpha value is -0.570. The zero-order valence-electron chi connectivity index (χ0n) is 15.9. The van der Waals surface area contributed by atoms with E-state index in [9.17, 15) is 4.79 Å². The molecule has 23 heavy (non-hydrogen) atoms. The molecule has 0 bridgehead atoms. The lowest BCUT2D eigenvalue weighted by atomic mass is 9.86. The van der Waals surface area contributed by atoms with Crippen LogP contribution < -0.4 is 0 Å². The summed E-state index contributed by atoms with van der Waals surface area (Å²) in [5.74, 6) is 3.68. The minimum Gasteiger partial charge on any atom is -0.343 e. The molecule has 0 N–H and O–H groups in total. The van der Waals surface area contributed by atoms with Crippen LogP contribution in [0.1, 0.15) is 66.2 Å². The van der Waals surface area contributed by atoms with Crippen LogP contribution in [0, 0.1) is 23.7 Å². The maximum atomic E-state index is 12.4. The first kappa shape index (κ1) is 18.8. The quantitative estimate of drug-likeness (QED) is 0.706. The third kappa shape index (κ3) is 6.10. The van der Waals surface area contributed by atoms with Crippen LogP contribution in [0.3, 0.4) is 0 Å². The number of hydrogen-bond acceptors (Lipinski definition) is 2. The van der Waals surface area contributed by atoms with E-state index in [1.165, 1.54) is 38.8 Å². The summed E-state index contributed by atoms with van der Waals surface area (Å²) >= 11 is 0. The van der Waals surface area contributed by atoms with E-state index >= 15 is 0 Å². The minimum atomic E-state index is 0.394. The molecule has 2 aliphatic heterocycles. The molecule has 2 aliphatic rings. The molecule has 0 saturated carbocycles. The predicted molar refractivity (Wildman–Crippen MR) is 97.4 cm³/mol. The van der Waals surface area contributed by atoms with Gasteiger partial charge in [0.1, 0.15) is 0 Å². The van der Waals surface area contributed by atoms with Crippen LogP contribution in [-0.2, 0) is 4.79 Å². The van der Waals surface area contributed by atoms with Gasteiger partial charge in [-0.15, -0.1) is 0 Å². The van der Waals surface area contributed by atoms with Crippen molar-refractivity contribution in [3.8, 4) is 0 Å². The molecule has 134 valence electrons. The van der Waals surface area contributed by atoms with Crippen LogP contribution in [0.25, 0.3) is 0 Å². The van der Waals surface area contributed by atoms with Crippen molar-refractivity contribution in [2.45, 2.75) is 66.2 Å². The number of amides is 1. The first-order valence-electron chi connectivity index (χ1n) is 9.95. The van der Waals surface area contributed by atoms with Gasteiger partial charge in [-0.3, -0.25) is 4.79 Å².